The number of rotatable bonds is 12. The summed E-state index contributed by atoms with van der Waals surface area (Å²) in [5, 5.41) is 10.2. The zero-order valence-corrected chi connectivity index (χ0v) is 38.9. The minimum atomic E-state index is -4.33. The minimum absolute atomic E-state index is 0.169. The van der Waals surface area contributed by atoms with E-state index in [9.17, 15) is 34.8 Å². The number of alkyl halides is 6. The van der Waals surface area contributed by atoms with Gasteiger partial charge in [-0.1, -0.05) is 60.3 Å². The molecule has 2 saturated carbocycles. The summed E-state index contributed by atoms with van der Waals surface area (Å²) in [5.41, 5.74) is 1.94. The number of hydrogen-bond donors (Lipinski definition) is 1. The molecule has 0 radical (unpaired) electrons. The van der Waals surface area contributed by atoms with Gasteiger partial charge < -0.3 is 19.6 Å². The molecule has 0 spiro atoms. The number of likely N-dealkylation sites (tertiary alicyclic amines) is 2. The van der Waals surface area contributed by atoms with Crippen molar-refractivity contribution in [1.29, 1.82) is 0 Å². The van der Waals surface area contributed by atoms with E-state index in [-0.39, 0.29) is 16.6 Å². The standard InChI is InChI=1S/C24H27ClF3NO.C18H26ClNO3S.C7H5F3O/c25-21-6-2-19(3-7-21)23(12-1-13-23)17-29-14-10-18(11-15-29)16-30-22-8-4-20(5-9-22)24(26,27)28;1-24(21,22)23-13-15-7-11-20(12-8-15)14-18(9-2-10-18)16-3-5-17(19)6-4-16;8-7(9,10)5-1-3-6(11)4-2-5/h2-9,18H,1,10-17H2;3-6,15H,2,7-14H2,1H3;1-4,11H. The van der Waals surface area contributed by atoms with Gasteiger partial charge in [0.15, 0.2) is 0 Å². The molecular formula is C49H58Cl2F6N2O5S. The molecule has 0 aromatic heterocycles. The molecule has 16 heteroatoms. The Morgan fingerprint density at radius 2 is 0.969 bits per heavy atom. The van der Waals surface area contributed by atoms with E-state index in [2.05, 4.69) is 34.1 Å². The molecule has 2 aliphatic heterocycles. The highest BCUT2D eigenvalue weighted by Crippen LogP contribution is 2.46. The van der Waals surface area contributed by atoms with Gasteiger partial charge in [0.25, 0.3) is 10.1 Å². The topological polar surface area (TPSA) is 79.3 Å². The fourth-order valence-electron chi connectivity index (χ4n) is 9.19. The Kier molecular flexibility index (Phi) is 17.3. The van der Waals surface area contributed by atoms with Gasteiger partial charge >= 0.3 is 12.4 Å². The molecule has 1 N–H and O–H groups in total. The lowest BCUT2D eigenvalue weighted by Gasteiger charge is -2.47. The molecule has 8 rings (SSSR count). The fraction of sp³-hybridized carbons (Fsp3) is 0.510. The second kappa shape index (κ2) is 22.1. The Morgan fingerprint density at radius 3 is 1.31 bits per heavy atom. The van der Waals surface area contributed by atoms with Crippen LogP contribution in [0, 0.1) is 11.8 Å². The van der Waals surface area contributed by atoms with Gasteiger partial charge in [-0.25, -0.2) is 0 Å². The smallest absolute Gasteiger partial charge is 0.416 e. The second-order valence-corrected chi connectivity index (χ2v) is 20.6. The van der Waals surface area contributed by atoms with Gasteiger partial charge in [-0.2, -0.15) is 34.8 Å². The van der Waals surface area contributed by atoms with Crippen LogP contribution in [-0.2, 0) is 37.5 Å². The number of aromatic hydroxyl groups is 1. The maximum absolute atomic E-state index is 12.7. The number of halogens is 8. The lowest BCUT2D eigenvalue weighted by atomic mass is 9.64. The number of benzene rings is 4. The van der Waals surface area contributed by atoms with Crippen molar-refractivity contribution in [2.45, 2.75) is 87.4 Å². The molecule has 0 unspecified atom stereocenters. The highest BCUT2D eigenvalue weighted by Gasteiger charge is 2.42. The van der Waals surface area contributed by atoms with Gasteiger partial charge in [-0.3, -0.25) is 4.18 Å². The summed E-state index contributed by atoms with van der Waals surface area (Å²) in [7, 11) is -3.32. The molecule has 356 valence electrons. The number of nitrogens with zero attached hydrogens (tertiary/aromatic N) is 2. The molecule has 0 amide bonds. The van der Waals surface area contributed by atoms with Crippen molar-refractivity contribution >= 4 is 33.3 Å². The molecule has 4 aliphatic rings. The number of phenolic OH excluding ortho intramolecular Hbond substituents is 1. The van der Waals surface area contributed by atoms with E-state index in [0.29, 0.717) is 30.8 Å². The van der Waals surface area contributed by atoms with Crippen molar-refractivity contribution in [3.05, 3.63) is 129 Å². The SMILES string of the molecule is CS(=O)(=O)OCC1CCN(CC2(c3ccc(Cl)cc3)CCC2)CC1.FC(F)(F)c1ccc(OCC2CCN(CC3(c4ccc(Cl)cc4)CCC3)CC2)cc1.Oc1ccc(C(F)(F)F)cc1. The van der Waals surface area contributed by atoms with Crippen molar-refractivity contribution in [2.24, 2.45) is 11.8 Å². The summed E-state index contributed by atoms with van der Waals surface area (Å²) < 4.78 is 106. The van der Waals surface area contributed by atoms with Crippen LogP contribution in [0.2, 0.25) is 10.0 Å². The number of phenols is 1. The van der Waals surface area contributed by atoms with E-state index >= 15 is 0 Å². The van der Waals surface area contributed by atoms with E-state index in [4.69, 9.17) is 37.2 Å². The molecule has 0 atom stereocenters. The van der Waals surface area contributed by atoms with Crippen molar-refractivity contribution in [3.8, 4) is 11.5 Å². The quantitative estimate of drug-likeness (QED) is 0.112. The molecule has 2 heterocycles. The number of ether oxygens (including phenoxy) is 1. The predicted octanol–water partition coefficient (Wildman–Crippen LogP) is 12.4. The second-order valence-electron chi connectivity index (χ2n) is 18.1. The fourth-order valence-corrected chi connectivity index (χ4v) is 9.88. The highest BCUT2D eigenvalue weighted by molar-refractivity contribution is 7.85. The van der Waals surface area contributed by atoms with Crippen molar-refractivity contribution in [2.75, 3.05) is 58.7 Å². The molecule has 65 heavy (non-hydrogen) atoms. The molecule has 4 aromatic rings. The van der Waals surface area contributed by atoms with Gasteiger partial charge in [0.05, 0.1) is 30.6 Å². The zero-order valence-electron chi connectivity index (χ0n) is 36.5. The van der Waals surface area contributed by atoms with Crippen LogP contribution in [-0.4, -0.2) is 82.1 Å². The van der Waals surface area contributed by atoms with Gasteiger partial charge in [-0.15, -0.1) is 0 Å². The van der Waals surface area contributed by atoms with Crippen molar-refractivity contribution in [1.82, 2.24) is 9.80 Å². The Labute approximate surface area is 389 Å². The first-order chi connectivity index (χ1) is 30.7. The summed E-state index contributed by atoms with van der Waals surface area (Å²) in [6.07, 6.45) is 4.11. The van der Waals surface area contributed by atoms with Crippen LogP contribution in [0.15, 0.2) is 97.1 Å². The molecule has 0 bridgehead atoms. The molecule has 4 fully saturated rings. The average molecular weight is 972 g/mol. The van der Waals surface area contributed by atoms with Crippen LogP contribution in [0.25, 0.3) is 0 Å². The first kappa shape index (κ1) is 50.9. The van der Waals surface area contributed by atoms with Crippen LogP contribution in [0.3, 0.4) is 0 Å². The number of piperidine rings is 2. The molecule has 2 aliphatic carbocycles. The molecule has 4 aromatic carbocycles. The minimum Gasteiger partial charge on any atom is -0.508 e. The maximum Gasteiger partial charge on any atom is 0.416 e. The Bertz CT molecular complexity index is 2190. The van der Waals surface area contributed by atoms with E-state index in [0.717, 1.165) is 118 Å². The summed E-state index contributed by atoms with van der Waals surface area (Å²) in [6, 6.07) is 25.3. The lowest BCUT2D eigenvalue weighted by molar-refractivity contribution is -0.138. The summed E-state index contributed by atoms with van der Waals surface area (Å²) in [6.45, 7) is 7.18. The normalized spacial score (nSPS) is 19.4. The van der Waals surface area contributed by atoms with Gasteiger partial charge in [-0.05, 0) is 173 Å². The van der Waals surface area contributed by atoms with Gasteiger partial charge in [0, 0.05) is 34.0 Å². The molecular weight excluding hydrogens is 914 g/mol. The first-order valence-corrected chi connectivity index (χ1v) is 24.8. The Hall–Kier alpha value is -3.53. The van der Waals surface area contributed by atoms with E-state index in [1.165, 1.54) is 61.8 Å². The predicted molar refractivity (Wildman–Crippen MR) is 243 cm³/mol. The summed E-state index contributed by atoms with van der Waals surface area (Å²) >= 11 is 12.1. The van der Waals surface area contributed by atoms with Crippen LogP contribution in [0.1, 0.15) is 86.5 Å². The van der Waals surface area contributed by atoms with E-state index in [1.54, 1.807) is 0 Å². The van der Waals surface area contributed by atoms with Gasteiger partial charge in [0.1, 0.15) is 11.5 Å². The largest absolute Gasteiger partial charge is 0.508 e. The molecule has 7 nitrogen and oxygen atoms in total. The van der Waals surface area contributed by atoms with Crippen LogP contribution in [0.5, 0.6) is 11.5 Å². The summed E-state index contributed by atoms with van der Waals surface area (Å²) in [4.78, 5) is 5.09. The maximum atomic E-state index is 12.7. The number of hydrogen-bond acceptors (Lipinski definition) is 7. The molecule has 2 saturated heterocycles. The van der Waals surface area contributed by atoms with Crippen LogP contribution >= 0.6 is 23.2 Å². The van der Waals surface area contributed by atoms with Crippen molar-refractivity contribution < 1.29 is 48.8 Å². The lowest BCUT2D eigenvalue weighted by Crippen LogP contribution is -2.48. The first-order valence-electron chi connectivity index (χ1n) is 22.2. The van der Waals surface area contributed by atoms with E-state index in [1.807, 2.05) is 24.3 Å². The highest BCUT2D eigenvalue weighted by atomic mass is 35.5. The third kappa shape index (κ3) is 15.0. The monoisotopic (exact) mass is 970 g/mol. The third-order valence-corrected chi connectivity index (χ3v) is 14.4. The van der Waals surface area contributed by atoms with Crippen LogP contribution in [0.4, 0.5) is 26.3 Å². The third-order valence-electron chi connectivity index (χ3n) is 13.4. The Balaban J connectivity index is 0.000000178. The summed E-state index contributed by atoms with van der Waals surface area (Å²) in [5.74, 6) is 1.12. The van der Waals surface area contributed by atoms with Gasteiger partial charge in [0.2, 0.25) is 0 Å². The average Bonchev–Trinajstić information content (AvgIpc) is 3.23. The van der Waals surface area contributed by atoms with Crippen LogP contribution < -0.4 is 4.74 Å². The zero-order chi connectivity index (χ0) is 46.9. The Morgan fingerprint density at radius 1 is 0.600 bits per heavy atom. The van der Waals surface area contributed by atoms with E-state index < -0.39 is 33.6 Å². The van der Waals surface area contributed by atoms with Crippen molar-refractivity contribution in [3.63, 3.8) is 0 Å².